The van der Waals surface area contributed by atoms with Crippen molar-refractivity contribution in [3.8, 4) is 5.75 Å². The number of phenolic OH excluding ortho intramolecular Hbond substituents is 1. The lowest BCUT2D eigenvalue weighted by molar-refractivity contribution is 0.124. The van der Waals surface area contributed by atoms with Gasteiger partial charge in [-0.2, -0.15) is 0 Å². The minimum atomic E-state index is 0.377. The van der Waals surface area contributed by atoms with Gasteiger partial charge in [-0.1, -0.05) is 6.07 Å². The van der Waals surface area contributed by atoms with Crippen molar-refractivity contribution in [3.63, 3.8) is 0 Å². The average molecular weight is 247 g/mol. The highest BCUT2D eigenvalue weighted by Crippen LogP contribution is 2.33. The van der Waals surface area contributed by atoms with Crippen molar-refractivity contribution in [2.24, 2.45) is 5.92 Å². The second kappa shape index (κ2) is 5.29. The van der Waals surface area contributed by atoms with Gasteiger partial charge in [0.25, 0.3) is 0 Å². The van der Waals surface area contributed by atoms with Gasteiger partial charge in [0.05, 0.1) is 6.61 Å². The second-order valence-electron chi connectivity index (χ2n) is 5.45. The number of hydrogen-bond donors (Lipinski definition) is 2. The number of rotatable bonds is 6. The van der Waals surface area contributed by atoms with E-state index in [-0.39, 0.29) is 0 Å². The van der Waals surface area contributed by atoms with E-state index in [1.165, 1.54) is 24.0 Å². The molecule has 0 heterocycles. The van der Waals surface area contributed by atoms with Gasteiger partial charge in [0.1, 0.15) is 5.75 Å². The van der Waals surface area contributed by atoms with Crippen molar-refractivity contribution in [1.29, 1.82) is 0 Å². The molecule has 2 N–H and O–H groups in total. The fraction of sp³-hybridized carbons (Fsp3) is 0.600. The van der Waals surface area contributed by atoms with Crippen LogP contribution in [0.5, 0.6) is 5.75 Å². The summed E-state index contributed by atoms with van der Waals surface area (Å²) in [5.41, 5.74) is 2.63. The Balaban J connectivity index is 1.44. The molecule has 18 heavy (non-hydrogen) atoms. The average Bonchev–Trinajstić information content (AvgIpc) is 3.10. The van der Waals surface area contributed by atoms with Crippen molar-refractivity contribution < 1.29 is 9.84 Å². The molecule has 1 fully saturated rings. The van der Waals surface area contributed by atoms with Gasteiger partial charge in [0, 0.05) is 19.2 Å². The van der Waals surface area contributed by atoms with Crippen LogP contribution in [0, 0.1) is 5.92 Å². The number of benzene rings is 1. The van der Waals surface area contributed by atoms with E-state index in [2.05, 4.69) is 5.32 Å². The molecule has 0 aliphatic heterocycles. The minimum absolute atomic E-state index is 0.377. The van der Waals surface area contributed by atoms with Crippen molar-refractivity contribution in [3.05, 3.63) is 29.3 Å². The molecule has 1 aromatic rings. The zero-order chi connectivity index (χ0) is 12.4. The SMILES string of the molecule is Oc1ccc2c(c1)CCC2NCCOCC1CC1. The summed E-state index contributed by atoms with van der Waals surface area (Å²) in [5.74, 6) is 1.22. The van der Waals surface area contributed by atoms with Gasteiger partial charge in [-0.25, -0.2) is 0 Å². The lowest BCUT2D eigenvalue weighted by Crippen LogP contribution is -2.24. The predicted octanol–water partition coefficient (Wildman–Crippen LogP) is 2.40. The first-order chi connectivity index (χ1) is 8.83. The molecule has 0 aromatic heterocycles. The number of hydrogen-bond acceptors (Lipinski definition) is 3. The Bertz CT molecular complexity index is 415. The Labute approximate surface area is 108 Å². The van der Waals surface area contributed by atoms with Crippen LogP contribution in [-0.2, 0) is 11.2 Å². The molecule has 98 valence electrons. The molecule has 0 bridgehead atoms. The third-order valence-electron chi connectivity index (χ3n) is 3.89. The molecule has 1 atom stereocenters. The molecule has 0 radical (unpaired) electrons. The molecular weight excluding hydrogens is 226 g/mol. The number of aromatic hydroxyl groups is 1. The van der Waals surface area contributed by atoms with Gasteiger partial charge in [-0.05, 0) is 54.9 Å². The van der Waals surface area contributed by atoms with Crippen LogP contribution in [0.3, 0.4) is 0 Å². The van der Waals surface area contributed by atoms with Crippen molar-refractivity contribution in [1.82, 2.24) is 5.32 Å². The highest BCUT2D eigenvalue weighted by molar-refractivity contribution is 5.39. The van der Waals surface area contributed by atoms with Gasteiger partial charge in [0.15, 0.2) is 0 Å². The minimum Gasteiger partial charge on any atom is -0.508 e. The van der Waals surface area contributed by atoms with Gasteiger partial charge in [0.2, 0.25) is 0 Å². The van der Waals surface area contributed by atoms with Gasteiger partial charge < -0.3 is 15.2 Å². The highest BCUT2D eigenvalue weighted by atomic mass is 16.5. The molecule has 0 amide bonds. The smallest absolute Gasteiger partial charge is 0.115 e. The lowest BCUT2D eigenvalue weighted by atomic mass is 10.1. The Kier molecular flexibility index (Phi) is 3.52. The first kappa shape index (κ1) is 12.0. The molecule has 3 nitrogen and oxygen atoms in total. The number of fused-ring (bicyclic) bond motifs is 1. The molecule has 1 unspecified atom stereocenters. The van der Waals surface area contributed by atoms with Crippen LogP contribution < -0.4 is 5.32 Å². The van der Waals surface area contributed by atoms with E-state index in [1.807, 2.05) is 12.1 Å². The summed E-state index contributed by atoms with van der Waals surface area (Å²) in [6.07, 6.45) is 4.89. The van der Waals surface area contributed by atoms with E-state index in [4.69, 9.17) is 4.74 Å². The first-order valence-electron chi connectivity index (χ1n) is 6.96. The maximum Gasteiger partial charge on any atom is 0.115 e. The summed E-state index contributed by atoms with van der Waals surface area (Å²) >= 11 is 0. The van der Waals surface area contributed by atoms with Crippen LogP contribution in [-0.4, -0.2) is 24.9 Å². The van der Waals surface area contributed by atoms with Gasteiger partial charge in [-0.15, -0.1) is 0 Å². The molecule has 0 spiro atoms. The Morgan fingerprint density at radius 1 is 1.28 bits per heavy atom. The van der Waals surface area contributed by atoms with Crippen LogP contribution in [0.15, 0.2) is 18.2 Å². The third-order valence-corrected chi connectivity index (χ3v) is 3.89. The predicted molar refractivity (Wildman–Crippen MR) is 70.7 cm³/mol. The fourth-order valence-corrected chi connectivity index (χ4v) is 2.66. The highest BCUT2D eigenvalue weighted by Gasteiger charge is 2.23. The van der Waals surface area contributed by atoms with Crippen molar-refractivity contribution in [2.75, 3.05) is 19.8 Å². The molecule has 3 rings (SSSR count). The summed E-state index contributed by atoms with van der Waals surface area (Å²) in [6.45, 7) is 2.66. The normalized spacial score (nSPS) is 22.1. The number of nitrogens with one attached hydrogen (secondary N) is 1. The quantitative estimate of drug-likeness (QED) is 0.758. The maximum absolute atomic E-state index is 9.45. The van der Waals surface area contributed by atoms with Crippen LogP contribution >= 0.6 is 0 Å². The van der Waals surface area contributed by atoms with Crippen LogP contribution in [0.25, 0.3) is 0 Å². The van der Waals surface area contributed by atoms with Crippen molar-refractivity contribution >= 4 is 0 Å². The van der Waals surface area contributed by atoms with E-state index < -0.39 is 0 Å². The molecule has 2 aliphatic carbocycles. The largest absolute Gasteiger partial charge is 0.508 e. The standard InChI is InChI=1S/C15H21NO2/c17-13-4-5-14-12(9-13)3-6-15(14)16-7-8-18-10-11-1-2-11/h4-5,9,11,15-17H,1-3,6-8,10H2. The first-order valence-corrected chi connectivity index (χ1v) is 6.96. The Hall–Kier alpha value is -1.06. The molecular formula is C15H21NO2. The third kappa shape index (κ3) is 2.85. The van der Waals surface area contributed by atoms with Crippen LogP contribution in [0.1, 0.15) is 36.4 Å². The number of aryl methyl sites for hydroxylation is 1. The van der Waals surface area contributed by atoms with E-state index in [0.29, 0.717) is 11.8 Å². The summed E-state index contributed by atoms with van der Waals surface area (Å²) in [6, 6.07) is 6.15. The zero-order valence-electron chi connectivity index (χ0n) is 10.7. The monoisotopic (exact) mass is 247 g/mol. The molecule has 2 aliphatic rings. The Morgan fingerprint density at radius 2 is 2.17 bits per heavy atom. The topological polar surface area (TPSA) is 41.5 Å². The second-order valence-corrected chi connectivity index (χ2v) is 5.45. The van der Waals surface area contributed by atoms with E-state index in [1.54, 1.807) is 6.07 Å². The van der Waals surface area contributed by atoms with E-state index >= 15 is 0 Å². The summed E-state index contributed by atoms with van der Waals surface area (Å²) in [5, 5.41) is 13.0. The summed E-state index contributed by atoms with van der Waals surface area (Å²) < 4.78 is 5.62. The molecule has 0 saturated heterocycles. The van der Waals surface area contributed by atoms with Crippen LogP contribution in [0.2, 0.25) is 0 Å². The zero-order valence-corrected chi connectivity index (χ0v) is 10.7. The van der Waals surface area contributed by atoms with Gasteiger partial charge in [-0.3, -0.25) is 0 Å². The van der Waals surface area contributed by atoms with Crippen molar-refractivity contribution in [2.45, 2.75) is 31.7 Å². The summed E-state index contributed by atoms with van der Waals surface area (Å²) in [4.78, 5) is 0. The fourth-order valence-electron chi connectivity index (χ4n) is 2.66. The number of ether oxygens (including phenoxy) is 1. The maximum atomic E-state index is 9.45. The lowest BCUT2D eigenvalue weighted by Gasteiger charge is -2.14. The summed E-state index contributed by atoms with van der Waals surface area (Å²) in [7, 11) is 0. The number of phenols is 1. The molecule has 1 saturated carbocycles. The van der Waals surface area contributed by atoms with E-state index in [9.17, 15) is 5.11 Å². The van der Waals surface area contributed by atoms with E-state index in [0.717, 1.165) is 38.5 Å². The van der Waals surface area contributed by atoms with Gasteiger partial charge >= 0.3 is 0 Å². The molecule has 1 aromatic carbocycles. The van der Waals surface area contributed by atoms with Crippen LogP contribution in [0.4, 0.5) is 0 Å². The Morgan fingerprint density at radius 3 is 3.00 bits per heavy atom. The molecule has 3 heteroatoms.